The Labute approximate surface area is 456 Å². The smallest absolute Gasteiger partial charge is 0.0737 e. The predicted molar refractivity (Wildman–Crippen MR) is 331 cm³/mol. The summed E-state index contributed by atoms with van der Waals surface area (Å²) in [5, 5.41) is 11.8. The third-order valence-corrected chi connectivity index (χ3v) is 16.6. The van der Waals surface area contributed by atoms with E-state index < -0.39 is 0 Å². The second-order valence-electron chi connectivity index (χ2n) is 21.5. The summed E-state index contributed by atoms with van der Waals surface area (Å²) in [4.78, 5) is 37.1. The Morgan fingerprint density at radius 3 is 1.23 bits per heavy atom. The van der Waals surface area contributed by atoms with E-state index in [0.29, 0.717) is 0 Å². The molecule has 18 rings (SSSR count). The maximum Gasteiger partial charge on any atom is 0.0737 e. The topological polar surface area (TPSA) is 115 Å². The van der Waals surface area contributed by atoms with Crippen molar-refractivity contribution < 1.29 is 0 Å². The standard InChI is InChI=1S/C72H42N8/c1-3-11-41-25-45-29-58-56(27-43(45)23-39(41)9-1)66-34-49-19-21-61(74-49)72(62-22-20-50(75-62)35-67-57-28-44-24-40-10-2-4-12-42(40)26-46(44)30-59(57)70(80-67)38-69(58)79-66)60-31-51-36-65-53-14-6-5-13-52(53)63(77-65)32-47-17-18-48(73-47)33-64-54-15-7-8-16-55(54)68(78-64)37-71(60)76-51/h1-38,73-74,76,80H. The molecule has 0 spiro atoms. The lowest BCUT2D eigenvalue weighted by atomic mass is 9.96. The number of rotatable bonds is 1. The fourth-order valence-electron chi connectivity index (χ4n) is 12.8. The molecule has 370 valence electrons. The highest BCUT2D eigenvalue weighted by Gasteiger charge is 2.23. The van der Waals surface area contributed by atoms with Gasteiger partial charge in [-0.1, -0.05) is 97.1 Å². The van der Waals surface area contributed by atoms with Gasteiger partial charge in [0.1, 0.15) is 0 Å². The number of nitrogens with zero attached hydrogens (tertiary/aromatic N) is 4. The molecule has 0 unspecified atom stereocenters. The maximum atomic E-state index is 5.54. The number of aromatic amines is 4. The minimum atomic E-state index is 0.825. The Morgan fingerprint density at radius 1 is 0.237 bits per heavy atom. The van der Waals surface area contributed by atoms with E-state index >= 15 is 0 Å². The van der Waals surface area contributed by atoms with Crippen LogP contribution in [0.15, 0.2) is 218 Å². The molecule has 14 aromatic rings. The van der Waals surface area contributed by atoms with E-state index in [-0.39, 0.29) is 0 Å². The molecule has 8 heteroatoms. The largest absolute Gasteiger partial charge is 0.355 e. The van der Waals surface area contributed by atoms with Gasteiger partial charge < -0.3 is 19.9 Å². The minimum absolute atomic E-state index is 0.825. The van der Waals surface area contributed by atoms with Crippen molar-refractivity contribution in [2.24, 2.45) is 0 Å². The normalized spacial score (nSPS) is 12.4. The van der Waals surface area contributed by atoms with Gasteiger partial charge in [0.2, 0.25) is 0 Å². The van der Waals surface area contributed by atoms with Gasteiger partial charge in [-0.2, -0.15) is 0 Å². The van der Waals surface area contributed by atoms with E-state index in [4.69, 9.17) is 19.9 Å². The van der Waals surface area contributed by atoms with Gasteiger partial charge in [-0.15, -0.1) is 0 Å². The number of benzene rings is 8. The van der Waals surface area contributed by atoms with Gasteiger partial charge in [-0.25, -0.2) is 19.9 Å². The summed E-state index contributed by atoms with van der Waals surface area (Å²) in [6.45, 7) is 0. The number of nitrogens with one attached hydrogen (secondary N) is 4. The summed E-state index contributed by atoms with van der Waals surface area (Å²) in [5.74, 6) is 0. The summed E-state index contributed by atoms with van der Waals surface area (Å²) >= 11 is 0. The van der Waals surface area contributed by atoms with Crippen LogP contribution in [-0.4, -0.2) is 39.9 Å². The van der Waals surface area contributed by atoms with E-state index in [1.807, 2.05) is 0 Å². The van der Waals surface area contributed by atoms with E-state index in [0.717, 1.165) is 145 Å². The van der Waals surface area contributed by atoms with Crippen LogP contribution in [0.3, 0.4) is 0 Å². The lowest BCUT2D eigenvalue weighted by Crippen LogP contribution is -1.85. The monoisotopic (exact) mass is 1020 g/mol. The Morgan fingerprint density at radius 2 is 0.662 bits per heavy atom. The predicted octanol–water partition coefficient (Wildman–Crippen LogP) is 18.5. The number of hydrogen-bond acceptors (Lipinski definition) is 4. The van der Waals surface area contributed by atoms with Crippen LogP contribution in [-0.2, 0) is 0 Å². The first kappa shape index (κ1) is 43.2. The molecule has 80 heavy (non-hydrogen) atoms. The van der Waals surface area contributed by atoms with Crippen LogP contribution in [0.4, 0.5) is 0 Å². The number of aromatic nitrogens is 8. The number of H-pyrrole nitrogens is 4. The second kappa shape index (κ2) is 16.3. The minimum Gasteiger partial charge on any atom is -0.355 e. The first-order valence-corrected chi connectivity index (χ1v) is 27.1. The van der Waals surface area contributed by atoms with Crippen molar-refractivity contribution in [1.29, 1.82) is 0 Å². The number of fused-ring (bicyclic) bond motifs is 32. The summed E-state index contributed by atoms with van der Waals surface area (Å²) in [6, 6.07) is 78.7. The highest BCUT2D eigenvalue weighted by Crippen LogP contribution is 2.44. The summed E-state index contributed by atoms with van der Waals surface area (Å²) in [6.07, 6.45) is 4.28. The summed E-state index contributed by atoms with van der Waals surface area (Å²) in [5.41, 5.74) is 22.9. The fraction of sp³-hybridized carbons (Fsp3) is 0. The molecular formula is C72H42N8. The molecule has 16 bridgehead atoms. The molecule has 0 amide bonds. The van der Waals surface area contributed by atoms with Crippen LogP contribution in [0.1, 0.15) is 11.4 Å². The van der Waals surface area contributed by atoms with E-state index in [1.54, 1.807) is 0 Å². The van der Waals surface area contributed by atoms with Crippen molar-refractivity contribution in [2.45, 2.75) is 0 Å². The van der Waals surface area contributed by atoms with Crippen LogP contribution in [0.5, 0.6) is 0 Å². The molecule has 0 aliphatic carbocycles. The number of hydrogen-bond donors (Lipinski definition) is 4. The zero-order valence-electron chi connectivity index (χ0n) is 42.7. The lowest BCUT2D eigenvalue weighted by molar-refractivity contribution is 1.32. The fourth-order valence-corrected chi connectivity index (χ4v) is 12.8. The molecule has 8 nitrogen and oxygen atoms in total. The zero-order chi connectivity index (χ0) is 52.2. The Balaban J connectivity index is 0.951. The van der Waals surface area contributed by atoms with E-state index in [9.17, 15) is 0 Å². The first-order valence-electron chi connectivity index (χ1n) is 27.1. The molecular weight excluding hydrogens is 977 g/mol. The zero-order valence-corrected chi connectivity index (χ0v) is 42.7. The highest BCUT2D eigenvalue weighted by molar-refractivity contribution is 6.16. The molecule has 0 saturated carbocycles. The van der Waals surface area contributed by atoms with E-state index in [2.05, 4.69) is 250 Å². The average molecular weight is 1020 g/mol. The summed E-state index contributed by atoms with van der Waals surface area (Å²) < 4.78 is 0. The molecule has 10 heterocycles. The van der Waals surface area contributed by atoms with Crippen molar-refractivity contribution in [1.82, 2.24) is 39.9 Å². The molecule has 4 aliphatic rings. The van der Waals surface area contributed by atoms with Crippen LogP contribution < -0.4 is 0 Å². The van der Waals surface area contributed by atoms with E-state index in [1.165, 1.54) is 43.1 Å². The second-order valence-corrected chi connectivity index (χ2v) is 21.5. The van der Waals surface area contributed by atoms with Crippen LogP contribution in [0, 0.1) is 0 Å². The molecule has 4 aliphatic heterocycles. The molecule has 8 aromatic carbocycles. The van der Waals surface area contributed by atoms with Crippen molar-refractivity contribution in [2.75, 3.05) is 0 Å². The quantitative estimate of drug-likeness (QED) is 0.123. The molecule has 0 saturated heterocycles. The van der Waals surface area contributed by atoms with Crippen molar-refractivity contribution >= 4 is 110 Å². The third kappa shape index (κ3) is 6.76. The van der Waals surface area contributed by atoms with Crippen LogP contribution in [0.25, 0.3) is 189 Å². The van der Waals surface area contributed by atoms with Gasteiger partial charge in [0.05, 0.1) is 45.6 Å². The Kier molecular flexibility index (Phi) is 8.79. The Bertz CT molecular complexity index is 5510. The first-order chi connectivity index (χ1) is 39.5. The molecule has 6 aromatic heterocycles. The average Bonchev–Trinajstić information content (AvgIpc) is 4.45. The van der Waals surface area contributed by atoms with Gasteiger partial charge in [0.15, 0.2) is 0 Å². The van der Waals surface area contributed by atoms with Gasteiger partial charge in [0, 0.05) is 99.4 Å². The molecule has 0 fully saturated rings. The summed E-state index contributed by atoms with van der Waals surface area (Å²) in [7, 11) is 0. The highest BCUT2D eigenvalue weighted by atomic mass is 14.8. The molecule has 0 atom stereocenters. The van der Waals surface area contributed by atoms with Gasteiger partial charge in [-0.05, 0) is 177 Å². The van der Waals surface area contributed by atoms with Crippen molar-refractivity contribution in [3.63, 3.8) is 0 Å². The molecule has 0 radical (unpaired) electrons. The maximum absolute atomic E-state index is 5.54. The van der Waals surface area contributed by atoms with Gasteiger partial charge in [-0.3, -0.25) is 0 Å². The Hall–Kier alpha value is -11.0. The van der Waals surface area contributed by atoms with Crippen LogP contribution in [0.2, 0.25) is 0 Å². The SMILES string of the molecule is C1=Cc2nc1cc1[nH]c(cc3nc(cc4ccc([nH]4)c2-c2cc4cc5nc(cc6ccc(cc7nc(cc2[nH]4)-c2ccccc2-7)[nH]6)-c2ccccc2-5)-c2cc4cc5ccccc5cc4cc2-3)c2cc3cc4ccccc4cc3cc12. The van der Waals surface area contributed by atoms with Gasteiger partial charge >= 0.3 is 0 Å². The lowest BCUT2D eigenvalue weighted by Gasteiger charge is -2.06. The van der Waals surface area contributed by atoms with Gasteiger partial charge in [0.25, 0.3) is 0 Å². The third-order valence-electron chi connectivity index (χ3n) is 16.6. The van der Waals surface area contributed by atoms with Crippen LogP contribution >= 0.6 is 0 Å². The van der Waals surface area contributed by atoms with Crippen molar-refractivity contribution in [3.8, 4) is 78.7 Å². The molecule has 4 N–H and O–H groups in total. The van der Waals surface area contributed by atoms with Crippen molar-refractivity contribution in [3.05, 3.63) is 230 Å².